The number of halogens is 1. The Hall–Kier alpha value is -1.17. The van der Waals surface area contributed by atoms with Gasteiger partial charge in [-0.3, -0.25) is 4.90 Å². The van der Waals surface area contributed by atoms with E-state index in [2.05, 4.69) is 9.80 Å². The largest absolute Gasteiger partial charge is 0.389 e. The van der Waals surface area contributed by atoms with Crippen molar-refractivity contribution < 1.29 is 14.2 Å². The molecule has 1 heterocycles. The molecule has 1 unspecified atom stereocenters. The molecule has 1 aliphatic heterocycles. The van der Waals surface area contributed by atoms with Crippen LogP contribution in [0.5, 0.6) is 0 Å². The molecule has 3 rings (SSSR count). The number of aliphatic hydroxyl groups excluding tert-OH is 1. The van der Waals surface area contributed by atoms with Crippen LogP contribution in [0, 0.1) is 5.82 Å². The highest BCUT2D eigenvalue weighted by Crippen LogP contribution is 2.21. The van der Waals surface area contributed by atoms with Crippen LogP contribution in [0.1, 0.15) is 25.7 Å². The lowest BCUT2D eigenvalue weighted by atomic mass is 10.2. The summed E-state index contributed by atoms with van der Waals surface area (Å²) in [5, 5.41) is 10.2. The Labute approximate surface area is 137 Å². The predicted molar refractivity (Wildman–Crippen MR) is 89.3 cm³/mol. The summed E-state index contributed by atoms with van der Waals surface area (Å²) in [6.07, 6.45) is 4.75. The molecule has 4 nitrogen and oxygen atoms in total. The summed E-state index contributed by atoms with van der Waals surface area (Å²) in [5.74, 6) is -0.197. The first-order valence-corrected chi connectivity index (χ1v) is 8.73. The highest BCUT2D eigenvalue weighted by Gasteiger charge is 2.21. The summed E-state index contributed by atoms with van der Waals surface area (Å²) in [5.41, 5.74) is 1.07. The number of β-amino-alcohol motifs (C(OH)–C–C–N with tert-alkyl or cyclic N) is 1. The monoisotopic (exact) mass is 322 g/mol. The van der Waals surface area contributed by atoms with Crippen LogP contribution in [0.4, 0.5) is 10.1 Å². The number of anilines is 1. The zero-order chi connectivity index (χ0) is 16.1. The average molecular weight is 322 g/mol. The van der Waals surface area contributed by atoms with Gasteiger partial charge >= 0.3 is 0 Å². The quantitative estimate of drug-likeness (QED) is 0.871. The van der Waals surface area contributed by atoms with Crippen LogP contribution >= 0.6 is 0 Å². The molecule has 1 aromatic carbocycles. The molecular weight excluding hydrogens is 295 g/mol. The summed E-state index contributed by atoms with van der Waals surface area (Å²) in [4.78, 5) is 4.54. The highest BCUT2D eigenvalue weighted by molar-refractivity contribution is 5.46. The van der Waals surface area contributed by atoms with Gasteiger partial charge in [0.2, 0.25) is 0 Å². The molecule has 0 bridgehead atoms. The summed E-state index contributed by atoms with van der Waals surface area (Å²) in [7, 11) is 0. The summed E-state index contributed by atoms with van der Waals surface area (Å²) in [6, 6.07) is 6.67. The first-order valence-electron chi connectivity index (χ1n) is 8.73. The third-order valence-corrected chi connectivity index (χ3v) is 4.86. The van der Waals surface area contributed by atoms with Crippen LogP contribution in [0.25, 0.3) is 0 Å². The lowest BCUT2D eigenvalue weighted by Gasteiger charge is -2.37. The van der Waals surface area contributed by atoms with E-state index in [1.807, 2.05) is 12.1 Å². The molecule has 2 aliphatic rings. The molecule has 1 saturated heterocycles. The Kier molecular flexibility index (Phi) is 5.86. The fourth-order valence-electron chi connectivity index (χ4n) is 3.49. The molecule has 0 radical (unpaired) electrons. The van der Waals surface area contributed by atoms with Gasteiger partial charge in [-0.05, 0) is 37.1 Å². The second-order valence-corrected chi connectivity index (χ2v) is 6.66. The van der Waals surface area contributed by atoms with Crippen molar-refractivity contribution in [2.45, 2.75) is 37.9 Å². The van der Waals surface area contributed by atoms with Gasteiger partial charge in [-0.2, -0.15) is 0 Å². The van der Waals surface area contributed by atoms with E-state index in [1.165, 1.54) is 25.0 Å². The van der Waals surface area contributed by atoms with Crippen LogP contribution in [-0.4, -0.2) is 61.5 Å². The zero-order valence-electron chi connectivity index (χ0n) is 13.7. The number of aliphatic hydroxyl groups is 1. The standard InChI is InChI=1S/C18H27FN2O2/c19-15-5-7-16(8-6-15)21-11-9-20(10-12-21)13-17(22)14-23-18-3-1-2-4-18/h5-8,17-18,22H,1-4,9-14H2. The fourth-order valence-corrected chi connectivity index (χ4v) is 3.49. The average Bonchev–Trinajstić information content (AvgIpc) is 3.08. The molecule has 0 amide bonds. The van der Waals surface area contributed by atoms with Gasteiger partial charge in [0.25, 0.3) is 0 Å². The molecule has 2 fully saturated rings. The maximum Gasteiger partial charge on any atom is 0.123 e. The van der Waals surface area contributed by atoms with Crippen LogP contribution in [0.3, 0.4) is 0 Å². The van der Waals surface area contributed by atoms with Crippen LogP contribution in [-0.2, 0) is 4.74 Å². The van der Waals surface area contributed by atoms with Gasteiger partial charge in [0.05, 0.1) is 18.8 Å². The second kappa shape index (κ2) is 8.08. The molecule has 5 heteroatoms. The van der Waals surface area contributed by atoms with Crippen LogP contribution < -0.4 is 4.90 Å². The third-order valence-electron chi connectivity index (χ3n) is 4.86. The van der Waals surface area contributed by atoms with Crippen molar-refractivity contribution in [3.05, 3.63) is 30.1 Å². The first-order chi connectivity index (χ1) is 11.2. The Balaban J connectivity index is 1.37. The normalized spacial score (nSPS) is 21.7. The van der Waals surface area contributed by atoms with Crippen molar-refractivity contribution >= 4 is 5.69 Å². The molecule has 1 aliphatic carbocycles. The van der Waals surface area contributed by atoms with Crippen molar-refractivity contribution in [2.24, 2.45) is 0 Å². The van der Waals surface area contributed by atoms with E-state index in [0.717, 1.165) is 44.7 Å². The van der Waals surface area contributed by atoms with Crippen molar-refractivity contribution in [1.29, 1.82) is 0 Å². The van der Waals surface area contributed by atoms with Gasteiger partial charge in [-0.1, -0.05) is 12.8 Å². The summed E-state index contributed by atoms with van der Waals surface area (Å²) >= 11 is 0. The van der Waals surface area contributed by atoms with Crippen LogP contribution in [0.15, 0.2) is 24.3 Å². The van der Waals surface area contributed by atoms with Crippen molar-refractivity contribution in [2.75, 3.05) is 44.2 Å². The topological polar surface area (TPSA) is 35.9 Å². The summed E-state index contributed by atoms with van der Waals surface area (Å²) in [6.45, 7) is 4.76. The van der Waals surface area contributed by atoms with Crippen molar-refractivity contribution in [1.82, 2.24) is 4.90 Å². The van der Waals surface area contributed by atoms with Gasteiger partial charge < -0.3 is 14.7 Å². The number of piperazine rings is 1. The molecule has 1 N–H and O–H groups in total. The van der Waals surface area contributed by atoms with Gasteiger partial charge in [0.1, 0.15) is 5.82 Å². The Bertz CT molecular complexity index is 468. The molecule has 1 saturated carbocycles. The van der Waals surface area contributed by atoms with Crippen molar-refractivity contribution in [3.63, 3.8) is 0 Å². The van der Waals surface area contributed by atoms with E-state index < -0.39 is 6.10 Å². The molecule has 1 atom stereocenters. The number of benzene rings is 1. The second-order valence-electron chi connectivity index (χ2n) is 6.66. The number of nitrogens with zero attached hydrogens (tertiary/aromatic N) is 2. The Morgan fingerprint density at radius 2 is 1.74 bits per heavy atom. The molecule has 0 spiro atoms. The predicted octanol–water partition coefficient (Wildman–Crippen LogP) is 2.27. The maximum absolute atomic E-state index is 13.0. The van der Waals surface area contributed by atoms with E-state index in [-0.39, 0.29) is 5.82 Å². The van der Waals surface area contributed by atoms with Crippen molar-refractivity contribution in [3.8, 4) is 0 Å². The van der Waals surface area contributed by atoms with Crippen LogP contribution in [0.2, 0.25) is 0 Å². The minimum absolute atomic E-state index is 0.197. The van der Waals surface area contributed by atoms with E-state index in [9.17, 15) is 9.50 Å². The van der Waals surface area contributed by atoms with Gasteiger partial charge in [0, 0.05) is 38.4 Å². The zero-order valence-corrected chi connectivity index (χ0v) is 13.7. The smallest absolute Gasteiger partial charge is 0.123 e. The van der Waals surface area contributed by atoms with Gasteiger partial charge in [0.15, 0.2) is 0 Å². The number of hydrogen-bond donors (Lipinski definition) is 1. The maximum atomic E-state index is 13.0. The van der Waals surface area contributed by atoms with Gasteiger partial charge in [-0.15, -0.1) is 0 Å². The number of hydrogen-bond acceptors (Lipinski definition) is 4. The molecule has 128 valence electrons. The Morgan fingerprint density at radius 3 is 2.39 bits per heavy atom. The van der Waals surface area contributed by atoms with E-state index in [4.69, 9.17) is 4.74 Å². The lowest BCUT2D eigenvalue weighted by molar-refractivity contribution is -0.0188. The highest BCUT2D eigenvalue weighted by atomic mass is 19.1. The Morgan fingerprint density at radius 1 is 1.09 bits per heavy atom. The molecule has 1 aromatic rings. The molecule has 0 aromatic heterocycles. The first kappa shape index (κ1) is 16.7. The molecular formula is C18H27FN2O2. The lowest BCUT2D eigenvalue weighted by Crippen LogP contribution is -2.49. The SMILES string of the molecule is OC(COC1CCCC1)CN1CCN(c2ccc(F)cc2)CC1. The van der Waals surface area contributed by atoms with Gasteiger partial charge in [-0.25, -0.2) is 4.39 Å². The minimum Gasteiger partial charge on any atom is -0.389 e. The third kappa shape index (κ3) is 4.90. The van der Waals surface area contributed by atoms with E-state index in [1.54, 1.807) is 0 Å². The fraction of sp³-hybridized carbons (Fsp3) is 0.667. The summed E-state index contributed by atoms with van der Waals surface area (Å²) < 4.78 is 18.8. The number of rotatable bonds is 6. The van der Waals surface area contributed by atoms with E-state index in [0.29, 0.717) is 19.3 Å². The number of ether oxygens (including phenoxy) is 1. The minimum atomic E-state index is -0.409. The molecule has 23 heavy (non-hydrogen) atoms. The van der Waals surface area contributed by atoms with E-state index >= 15 is 0 Å².